The number of methoxy groups -OCH3 is 2. The molecule has 3 aromatic carbocycles. The van der Waals surface area contributed by atoms with E-state index in [-0.39, 0.29) is 11.7 Å². The van der Waals surface area contributed by atoms with Crippen molar-refractivity contribution in [2.24, 2.45) is 0 Å². The van der Waals surface area contributed by atoms with Gasteiger partial charge in [0, 0.05) is 17.2 Å². The highest BCUT2D eigenvalue weighted by Crippen LogP contribution is 2.27. The van der Waals surface area contributed by atoms with E-state index in [0.29, 0.717) is 24.5 Å². The van der Waals surface area contributed by atoms with Crippen LogP contribution in [-0.4, -0.2) is 36.6 Å². The smallest absolute Gasteiger partial charge is 0.228 e. The molecule has 2 atom stereocenters. The quantitative estimate of drug-likeness (QED) is 0.522. The lowest BCUT2D eigenvalue weighted by Gasteiger charge is -2.17. The van der Waals surface area contributed by atoms with Crippen molar-refractivity contribution >= 4 is 16.7 Å². The van der Waals surface area contributed by atoms with E-state index in [9.17, 15) is 9.00 Å². The molecule has 0 spiro atoms. The van der Waals surface area contributed by atoms with Crippen LogP contribution in [0.1, 0.15) is 17.0 Å². The van der Waals surface area contributed by atoms with Gasteiger partial charge in [0.15, 0.2) is 11.5 Å². The predicted molar refractivity (Wildman–Crippen MR) is 123 cm³/mol. The van der Waals surface area contributed by atoms with Gasteiger partial charge in [-0.05, 0) is 41.8 Å². The Morgan fingerprint density at radius 2 is 1.55 bits per heavy atom. The van der Waals surface area contributed by atoms with Crippen molar-refractivity contribution in [2.75, 3.05) is 26.5 Å². The van der Waals surface area contributed by atoms with Gasteiger partial charge in [0.25, 0.3) is 0 Å². The molecule has 3 aromatic rings. The molecule has 0 heterocycles. The number of rotatable bonds is 10. The van der Waals surface area contributed by atoms with Crippen LogP contribution < -0.4 is 14.8 Å². The van der Waals surface area contributed by atoms with Crippen molar-refractivity contribution in [1.29, 1.82) is 0 Å². The number of carbonyl (C=O) groups excluding carboxylic acids is 1. The zero-order valence-corrected chi connectivity index (χ0v) is 18.6. The van der Waals surface area contributed by atoms with Gasteiger partial charge < -0.3 is 14.8 Å². The fraction of sp³-hybridized carbons (Fsp3) is 0.240. The molecule has 5 nitrogen and oxygen atoms in total. The summed E-state index contributed by atoms with van der Waals surface area (Å²) in [5, 5.41) is 3.01. The topological polar surface area (TPSA) is 64.6 Å². The highest BCUT2D eigenvalue weighted by molar-refractivity contribution is 7.85. The molecule has 2 unspecified atom stereocenters. The third-order valence-corrected chi connectivity index (χ3v) is 6.44. The minimum absolute atomic E-state index is 0.129. The summed E-state index contributed by atoms with van der Waals surface area (Å²) in [4.78, 5) is 13.8. The predicted octanol–water partition coefficient (Wildman–Crippen LogP) is 3.95. The molecule has 0 aromatic heterocycles. The maximum Gasteiger partial charge on any atom is 0.228 e. The lowest BCUT2D eigenvalue weighted by Crippen LogP contribution is -2.33. The maximum atomic E-state index is 13.0. The van der Waals surface area contributed by atoms with E-state index in [1.165, 1.54) is 0 Å². The van der Waals surface area contributed by atoms with Crippen LogP contribution in [-0.2, 0) is 22.0 Å². The third kappa shape index (κ3) is 6.18. The van der Waals surface area contributed by atoms with E-state index in [0.717, 1.165) is 16.0 Å². The molecular weight excluding hydrogens is 410 g/mol. The molecule has 1 N–H and O–H groups in total. The number of benzene rings is 3. The fourth-order valence-corrected chi connectivity index (χ4v) is 4.62. The summed E-state index contributed by atoms with van der Waals surface area (Å²) < 4.78 is 23.5. The second-order valence-corrected chi connectivity index (χ2v) is 8.51. The summed E-state index contributed by atoms with van der Waals surface area (Å²) in [7, 11) is 1.92. The van der Waals surface area contributed by atoms with Gasteiger partial charge in [-0.2, -0.15) is 0 Å². The van der Waals surface area contributed by atoms with Crippen LogP contribution in [0.25, 0.3) is 0 Å². The van der Waals surface area contributed by atoms with Crippen molar-refractivity contribution in [1.82, 2.24) is 5.32 Å². The Morgan fingerprint density at radius 3 is 2.19 bits per heavy atom. The molecule has 1 amide bonds. The van der Waals surface area contributed by atoms with Crippen LogP contribution >= 0.6 is 0 Å². The summed E-state index contributed by atoms with van der Waals surface area (Å²) in [6, 6.07) is 24.5. The van der Waals surface area contributed by atoms with Crippen LogP contribution in [0.15, 0.2) is 83.8 Å². The monoisotopic (exact) mass is 437 g/mol. The molecule has 0 fully saturated rings. The summed E-state index contributed by atoms with van der Waals surface area (Å²) in [6.45, 7) is 0.468. The van der Waals surface area contributed by atoms with E-state index in [1.54, 1.807) is 14.2 Å². The molecule has 0 saturated carbocycles. The Hall–Kier alpha value is -3.12. The minimum atomic E-state index is -1.28. The van der Waals surface area contributed by atoms with E-state index in [1.807, 2.05) is 78.9 Å². The number of amides is 1. The SMILES string of the molecule is COc1ccc(CCNC(=O)C(CS(=O)c2ccccc2)c2ccccc2)cc1OC. The van der Waals surface area contributed by atoms with Crippen molar-refractivity contribution in [3.63, 3.8) is 0 Å². The Bertz CT molecular complexity index is 1010. The largest absolute Gasteiger partial charge is 0.493 e. The van der Waals surface area contributed by atoms with Gasteiger partial charge >= 0.3 is 0 Å². The molecule has 0 radical (unpaired) electrons. The van der Waals surface area contributed by atoms with Gasteiger partial charge in [-0.25, -0.2) is 0 Å². The number of carbonyl (C=O) groups is 1. The second kappa shape index (κ2) is 11.3. The zero-order valence-electron chi connectivity index (χ0n) is 17.7. The van der Waals surface area contributed by atoms with Crippen LogP contribution in [0.2, 0.25) is 0 Å². The lowest BCUT2D eigenvalue weighted by molar-refractivity contribution is -0.122. The Labute approximate surface area is 185 Å². The fourth-order valence-electron chi connectivity index (χ4n) is 3.32. The van der Waals surface area contributed by atoms with Gasteiger partial charge in [-0.1, -0.05) is 54.6 Å². The first-order valence-electron chi connectivity index (χ1n) is 10.1. The van der Waals surface area contributed by atoms with Crippen molar-refractivity contribution in [3.8, 4) is 11.5 Å². The van der Waals surface area contributed by atoms with Crippen LogP contribution in [0.3, 0.4) is 0 Å². The molecular formula is C25H27NO4S. The van der Waals surface area contributed by atoms with Crippen molar-refractivity contribution in [3.05, 3.63) is 90.0 Å². The molecule has 0 aliphatic carbocycles. The zero-order chi connectivity index (χ0) is 22.1. The molecule has 31 heavy (non-hydrogen) atoms. The molecule has 0 aliphatic heterocycles. The second-order valence-electron chi connectivity index (χ2n) is 7.02. The number of hydrogen-bond donors (Lipinski definition) is 1. The maximum absolute atomic E-state index is 13.0. The molecule has 3 rings (SSSR count). The summed E-state index contributed by atoms with van der Waals surface area (Å²) in [6.07, 6.45) is 0.648. The van der Waals surface area contributed by atoms with E-state index in [2.05, 4.69) is 5.32 Å². The van der Waals surface area contributed by atoms with Gasteiger partial charge in [0.2, 0.25) is 5.91 Å². The standard InChI is InChI=1S/C25H27NO4S/c1-29-23-14-13-19(17-24(23)30-2)15-16-26-25(27)22(20-9-5-3-6-10-20)18-31(28)21-11-7-4-8-12-21/h3-14,17,22H,15-16,18H2,1-2H3,(H,26,27). The lowest BCUT2D eigenvalue weighted by atomic mass is 10.00. The minimum Gasteiger partial charge on any atom is -0.493 e. The van der Waals surface area contributed by atoms with E-state index >= 15 is 0 Å². The van der Waals surface area contributed by atoms with E-state index in [4.69, 9.17) is 9.47 Å². The number of hydrogen-bond acceptors (Lipinski definition) is 4. The first-order chi connectivity index (χ1) is 15.1. The van der Waals surface area contributed by atoms with Crippen LogP contribution in [0.4, 0.5) is 0 Å². The van der Waals surface area contributed by atoms with Crippen LogP contribution in [0, 0.1) is 0 Å². The van der Waals surface area contributed by atoms with Crippen LogP contribution in [0.5, 0.6) is 11.5 Å². The summed E-state index contributed by atoms with van der Waals surface area (Å²) in [5.41, 5.74) is 1.89. The Morgan fingerprint density at radius 1 is 0.903 bits per heavy atom. The molecule has 162 valence electrons. The molecule has 0 aliphatic rings. The average Bonchev–Trinajstić information content (AvgIpc) is 2.83. The Kier molecular flexibility index (Phi) is 8.24. The van der Waals surface area contributed by atoms with E-state index < -0.39 is 16.7 Å². The first-order valence-corrected chi connectivity index (χ1v) is 11.4. The van der Waals surface area contributed by atoms with Crippen molar-refractivity contribution in [2.45, 2.75) is 17.2 Å². The van der Waals surface area contributed by atoms with Gasteiger partial charge in [0.05, 0.1) is 30.9 Å². The molecule has 0 saturated heterocycles. The highest BCUT2D eigenvalue weighted by Gasteiger charge is 2.23. The normalized spacial score (nSPS) is 12.6. The summed E-state index contributed by atoms with van der Waals surface area (Å²) >= 11 is 0. The highest BCUT2D eigenvalue weighted by atomic mass is 32.2. The number of ether oxygens (including phenoxy) is 2. The van der Waals surface area contributed by atoms with Crippen molar-refractivity contribution < 1.29 is 18.5 Å². The first kappa shape index (κ1) is 22.6. The Balaban J connectivity index is 1.67. The van der Waals surface area contributed by atoms with Gasteiger partial charge in [0.1, 0.15) is 0 Å². The number of nitrogens with one attached hydrogen (secondary N) is 1. The van der Waals surface area contributed by atoms with Gasteiger partial charge in [-0.3, -0.25) is 9.00 Å². The average molecular weight is 438 g/mol. The third-order valence-electron chi connectivity index (χ3n) is 5.00. The molecule has 6 heteroatoms. The molecule has 0 bridgehead atoms. The van der Waals surface area contributed by atoms with Gasteiger partial charge in [-0.15, -0.1) is 0 Å². The summed E-state index contributed by atoms with van der Waals surface area (Å²) in [5.74, 6) is 0.939.